The summed E-state index contributed by atoms with van der Waals surface area (Å²) in [6.07, 6.45) is 0.982. The van der Waals surface area contributed by atoms with Crippen LogP contribution in [0.15, 0.2) is 29.0 Å². The smallest absolute Gasteiger partial charge is 0.321 e. The molecule has 0 spiro atoms. The molecule has 7 heteroatoms. The van der Waals surface area contributed by atoms with E-state index < -0.39 is 6.03 Å². The maximum Gasteiger partial charge on any atom is 0.321 e. The summed E-state index contributed by atoms with van der Waals surface area (Å²) in [5.74, 6) is -0.233. The van der Waals surface area contributed by atoms with E-state index in [-0.39, 0.29) is 18.0 Å². The average molecular weight is 365 g/mol. The first-order valence-corrected chi connectivity index (χ1v) is 9.85. The minimum atomic E-state index is -0.421. The van der Waals surface area contributed by atoms with Crippen LogP contribution in [0.2, 0.25) is 0 Å². The molecule has 5 nitrogen and oxygen atoms in total. The van der Waals surface area contributed by atoms with Crippen LogP contribution < -0.4 is 15.5 Å². The molecule has 3 amide bonds. The average Bonchev–Trinajstić information content (AvgIpc) is 3.16. The van der Waals surface area contributed by atoms with Gasteiger partial charge in [-0.15, -0.1) is 22.7 Å². The van der Waals surface area contributed by atoms with Gasteiger partial charge in [-0.25, -0.2) is 4.79 Å². The number of rotatable bonds is 4. The van der Waals surface area contributed by atoms with Crippen molar-refractivity contribution in [2.75, 3.05) is 13.1 Å². The van der Waals surface area contributed by atoms with E-state index in [9.17, 15) is 9.59 Å². The van der Waals surface area contributed by atoms with Gasteiger partial charge in [0, 0.05) is 22.9 Å². The highest BCUT2D eigenvalue weighted by atomic mass is 32.1. The van der Waals surface area contributed by atoms with E-state index in [4.69, 9.17) is 0 Å². The summed E-state index contributed by atoms with van der Waals surface area (Å²) < 4.78 is 0. The zero-order chi connectivity index (χ0) is 17.1. The molecule has 1 unspecified atom stereocenters. The zero-order valence-electron chi connectivity index (χ0n) is 13.8. The molecule has 3 N–H and O–H groups in total. The normalized spacial score (nSPS) is 19.8. The van der Waals surface area contributed by atoms with Crippen molar-refractivity contribution in [3.63, 3.8) is 0 Å². The number of carbonyl (C=O) groups is 2. The minimum Gasteiger partial charge on any atom is -0.336 e. The number of hydrogen-bond donors (Lipinski definition) is 3. The molecule has 1 aliphatic heterocycles. The summed E-state index contributed by atoms with van der Waals surface area (Å²) in [4.78, 5) is 27.9. The lowest BCUT2D eigenvalue weighted by molar-refractivity contribution is -0.919. The zero-order valence-corrected chi connectivity index (χ0v) is 15.4. The van der Waals surface area contributed by atoms with Gasteiger partial charge in [0.25, 0.3) is 5.91 Å². The number of carbonyl (C=O) groups excluding carboxylic acids is 2. The molecule has 24 heavy (non-hydrogen) atoms. The maximum atomic E-state index is 12.3. The van der Waals surface area contributed by atoms with Gasteiger partial charge in [0.2, 0.25) is 0 Å². The van der Waals surface area contributed by atoms with Crippen LogP contribution in [0.1, 0.15) is 35.2 Å². The van der Waals surface area contributed by atoms with Crippen molar-refractivity contribution in [3.05, 3.63) is 44.3 Å². The molecule has 0 fully saturated rings. The fourth-order valence-corrected chi connectivity index (χ4v) is 4.95. The van der Waals surface area contributed by atoms with Crippen LogP contribution in [-0.2, 0) is 11.2 Å². The second kappa shape index (κ2) is 7.46. The number of nitrogens with one attached hydrogen (secondary N) is 3. The summed E-state index contributed by atoms with van der Waals surface area (Å²) in [5, 5.41) is 9.33. The van der Waals surface area contributed by atoms with Gasteiger partial charge in [0.1, 0.15) is 6.04 Å². The van der Waals surface area contributed by atoms with Gasteiger partial charge in [-0.3, -0.25) is 10.1 Å². The molecule has 3 rings (SSSR count). The first-order valence-electron chi connectivity index (χ1n) is 8.09. The van der Waals surface area contributed by atoms with E-state index in [1.807, 2.05) is 13.8 Å². The number of quaternary nitrogens is 1. The van der Waals surface area contributed by atoms with Gasteiger partial charge in [-0.05, 0) is 36.7 Å². The van der Waals surface area contributed by atoms with E-state index in [2.05, 4.69) is 39.6 Å². The third kappa shape index (κ3) is 3.85. The lowest BCUT2D eigenvalue weighted by Crippen LogP contribution is -3.14. The number of urea groups is 1. The van der Waals surface area contributed by atoms with E-state index in [0.717, 1.165) is 13.0 Å². The number of hydrogen-bond acceptors (Lipinski definition) is 4. The van der Waals surface area contributed by atoms with Crippen molar-refractivity contribution in [1.82, 2.24) is 10.6 Å². The molecule has 0 saturated heterocycles. The monoisotopic (exact) mass is 364 g/mol. The third-order valence-corrected chi connectivity index (χ3v) is 5.99. The Morgan fingerprint density at radius 1 is 1.29 bits per heavy atom. The van der Waals surface area contributed by atoms with Crippen molar-refractivity contribution < 1.29 is 14.5 Å². The van der Waals surface area contributed by atoms with Crippen molar-refractivity contribution in [3.8, 4) is 0 Å². The van der Waals surface area contributed by atoms with Crippen LogP contribution in [0.5, 0.6) is 0 Å². The van der Waals surface area contributed by atoms with Gasteiger partial charge in [0.15, 0.2) is 6.54 Å². The molecule has 3 heterocycles. The van der Waals surface area contributed by atoms with E-state index >= 15 is 0 Å². The first-order chi connectivity index (χ1) is 11.5. The summed E-state index contributed by atoms with van der Waals surface area (Å²) in [6, 6.07) is 6.12. The van der Waals surface area contributed by atoms with E-state index in [0.29, 0.717) is 6.54 Å². The van der Waals surface area contributed by atoms with Crippen LogP contribution in [0, 0.1) is 0 Å². The van der Waals surface area contributed by atoms with Gasteiger partial charge in [0.05, 0.1) is 11.4 Å². The highest BCUT2D eigenvalue weighted by molar-refractivity contribution is 7.10. The van der Waals surface area contributed by atoms with Crippen molar-refractivity contribution in [2.45, 2.75) is 32.4 Å². The molecule has 2 atom stereocenters. The Hall–Kier alpha value is -1.70. The molecule has 128 valence electrons. The Morgan fingerprint density at radius 2 is 2.12 bits per heavy atom. The summed E-state index contributed by atoms with van der Waals surface area (Å²) in [7, 11) is 0. The predicted octanol–water partition coefficient (Wildman–Crippen LogP) is 1.57. The molecular weight excluding hydrogens is 342 g/mol. The summed E-state index contributed by atoms with van der Waals surface area (Å²) in [6.45, 7) is 4.92. The van der Waals surface area contributed by atoms with Gasteiger partial charge >= 0.3 is 6.03 Å². The molecule has 0 aromatic carbocycles. The largest absolute Gasteiger partial charge is 0.336 e. The van der Waals surface area contributed by atoms with Crippen molar-refractivity contribution in [2.24, 2.45) is 0 Å². The topological polar surface area (TPSA) is 62.6 Å². The Bertz CT molecular complexity index is 709. The molecule has 0 radical (unpaired) electrons. The molecule has 0 aliphatic carbocycles. The Kier molecular flexibility index (Phi) is 5.33. The number of imide groups is 1. The predicted molar refractivity (Wildman–Crippen MR) is 96.7 cm³/mol. The van der Waals surface area contributed by atoms with Gasteiger partial charge in [-0.1, -0.05) is 6.07 Å². The van der Waals surface area contributed by atoms with Crippen LogP contribution >= 0.6 is 22.7 Å². The van der Waals surface area contributed by atoms with E-state index in [1.165, 1.54) is 20.2 Å². The SMILES string of the molecule is CC(C)NC(=O)NC(=O)C[NH+]1CCc2sccc2[C@H]1c1cccs1. The Balaban J connectivity index is 1.73. The number of fused-ring (bicyclic) bond motifs is 1. The van der Waals surface area contributed by atoms with Crippen LogP contribution in [0.25, 0.3) is 0 Å². The van der Waals surface area contributed by atoms with Gasteiger partial charge < -0.3 is 10.2 Å². The number of thiophene rings is 2. The minimum absolute atomic E-state index is 0.00682. The van der Waals surface area contributed by atoms with Crippen LogP contribution in [-0.4, -0.2) is 31.1 Å². The van der Waals surface area contributed by atoms with Crippen LogP contribution in [0.4, 0.5) is 4.79 Å². The summed E-state index contributed by atoms with van der Waals surface area (Å²) >= 11 is 3.51. The Labute approximate surface area is 149 Å². The quantitative estimate of drug-likeness (QED) is 0.771. The molecule has 0 saturated carbocycles. The van der Waals surface area contributed by atoms with Crippen LogP contribution in [0.3, 0.4) is 0 Å². The van der Waals surface area contributed by atoms with Gasteiger partial charge in [-0.2, -0.15) is 0 Å². The lowest BCUT2D eigenvalue weighted by Gasteiger charge is -2.31. The van der Waals surface area contributed by atoms with E-state index in [1.54, 1.807) is 22.7 Å². The molecule has 2 aromatic heterocycles. The molecule has 2 aromatic rings. The standard InChI is InChI=1S/C17H21N3O2S2/c1-11(2)18-17(22)19-15(21)10-20-7-5-13-12(6-9-24-13)16(20)14-4-3-8-23-14/h3-4,6,8-9,11,16H,5,7,10H2,1-2H3,(H2,18,19,21,22)/p+1/t16-/m0/s1. The highest BCUT2D eigenvalue weighted by Gasteiger charge is 2.35. The lowest BCUT2D eigenvalue weighted by atomic mass is 9.98. The fraction of sp³-hybridized carbons (Fsp3) is 0.412. The summed E-state index contributed by atoms with van der Waals surface area (Å²) in [5.41, 5.74) is 1.32. The maximum absolute atomic E-state index is 12.3. The fourth-order valence-electron chi connectivity index (χ4n) is 3.13. The highest BCUT2D eigenvalue weighted by Crippen LogP contribution is 2.31. The third-order valence-electron chi connectivity index (χ3n) is 4.06. The second-order valence-corrected chi connectivity index (χ2v) is 8.24. The molecule has 1 aliphatic rings. The number of amides is 3. The molecule has 0 bridgehead atoms. The molecular formula is C17H22N3O2S2+. The first kappa shape index (κ1) is 17.1. The van der Waals surface area contributed by atoms with Crippen molar-refractivity contribution >= 4 is 34.6 Å². The second-order valence-electron chi connectivity index (χ2n) is 6.26. The van der Waals surface area contributed by atoms with Crippen molar-refractivity contribution in [1.29, 1.82) is 0 Å². The Morgan fingerprint density at radius 3 is 2.83 bits per heavy atom.